The molecule has 5 aromatic rings. The summed E-state index contributed by atoms with van der Waals surface area (Å²) in [4.78, 5) is 7.26. The molecule has 4 aromatic heterocycles. The molecule has 0 aliphatic rings. The van der Waals surface area contributed by atoms with Crippen molar-refractivity contribution in [1.29, 1.82) is 0 Å². The monoisotopic (exact) mass is 420 g/mol. The molecule has 1 aromatic carbocycles. The van der Waals surface area contributed by atoms with Gasteiger partial charge in [-0.2, -0.15) is 23.5 Å². The lowest BCUT2D eigenvalue weighted by Crippen LogP contribution is -2.22. The van der Waals surface area contributed by atoms with E-state index in [2.05, 4.69) is 30.2 Å². The predicted molar refractivity (Wildman–Crippen MR) is 104 cm³/mol. The molecule has 31 heavy (non-hydrogen) atoms. The SMILES string of the molecule is [C-]#[N+]c1cncc(-c2ccc3nnc(C(F)(F)c4ccc5nn(C)cc5c4F)n3n2)c1. The lowest BCUT2D eigenvalue weighted by molar-refractivity contribution is 0.0271. The zero-order valence-corrected chi connectivity index (χ0v) is 15.8. The van der Waals surface area contributed by atoms with Crippen molar-refractivity contribution < 1.29 is 13.2 Å². The summed E-state index contributed by atoms with van der Waals surface area (Å²) >= 11 is 0. The van der Waals surface area contributed by atoms with E-state index in [-0.39, 0.29) is 27.9 Å². The molecule has 0 bridgehead atoms. The van der Waals surface area contributed by atoms with Crippen LogP contribution in [0.15, 0.2) is 48.9 Å². The highest BCUT2D eigenvalue weighted by Gasteiger charge is 2.43. The molecule has 0 fully saturated rings. The van der Waals surface area contributed by atoms with Crippen molar-refractivity contribution in [2.24, 2.45) is 7.05 Å². The molecule has 0 aliphatic heterocycles. The average molecular weight is 420 g/mol. The Balaban J connectivity index is 1.67. The quantitative estimate of drug-likeness (QED) is 0.414. The zero-order valence-electron chi connectivity index (χ0n) is 15.8. The van der Waals surface area contributed by atoms with Gasteiger partial charge >= 0.3 is 5.92 Å². The molecule has 4 heterocycles. The number of aromatic nitrogens is 7. The molecular weight excluding hydrogens is 409 g/mol. The Bertz CT molecular complexity index is 1510. The van der Waals surface area contributed by atoms with E-state index >= 15 is 8.78 Å². The minimum Gasteiger partial charge on any atom is -0.276 e. The molecule has 5 rings (SSSR count). The third kappa shape index (κ3) is 2.88. The van der Waals surface area contributed by atoms with Crippen molar-refractivity contribution in [1.82, 2.24) is 34.6 Å². The second-order valence-corrected chi connectivity index (χ2v) is 6.79. The number of hydrogen-bond donors (Lipinski definition) is 0. The largest absolute Gasteiger partial charge is 0.336 e. The van der Waals surface area contributed by atoms with Crippen LogP contribution in [0.4, 0.5) is 18.9 Å². The first-order valence-corrected chi connectivity index (χ1v) is 8.94. The zero-order chi connectivity index (χ0) is 21.8. The van der Waals surface area contributed by atoms with E-state index in [1.165, 1.54) is 41.5 Å². The summed E-state index contributed by atoms with van der Waals surface area (Å²) in [5.41, 5.74) is 0.493. The summed E-state index contributed by atoms with van der Waals surface area (Å²) in [6, 6.07) is 6.86. The molecule has 0 saturated carbocycles. The van der Waals surface area contributed by atoms with Gasteiger partial charge < -0.3 is 0 Å². The number of aryl methyl sites for hydroxylation is 1. The minimum atomic E-state index is -3.82. The van der Waals surface area contributed by atoms with Crippen LogP contribution in [0.25, 0.3) is 32.7 Å². The highest BCUT2D eigenvalue weighted by atomic mass is 19.3. The second-order valence-electron chi connectivity index (χ2n) is 6.79. The van der Waals surface area contributed by atoms with Crippen LogP contribution in [0.3, 0.4) is 0 Å². The van der Waals surface area contributed by atoms with Crippen LogP contribution in [0.1, 0.15) is 11.4 Å². The third-order valence-corrected chi connectivity index (χ3v) is 4.77. The van der Waals surface area contributed by atoms with Crippen molar-refractivity contribution in [2.45, 2.75) is 5.92 Å². The van der Waals surface area contributed by atoms with Crippen molar-refractivity contribution in [2.75, 3.05) is 0 Å². The molecule has 11 heteroatoms. The summed E-state index contributed by atoms with van der Waals surface area (Å²) in [7, 11) is 1.58. The standard InChI is InChI=1S/C20H11F3N8/c1-24-12-7-11(8-25-9-12)15-5-6-17-26-27-19(31(17)29-15)20(22,23)14-3-4-16-13(18(14)21)10-30(2)28-16/h3-10H,2H3. The van der Waals surface area contributed by atoms with E-state index in [4.69, 9.17) is 6.57 Å². The van der Waals surface area contributed by atoms with Gasteiger partial charge in [-0.15, -0.1) is 10.2 Å². The average Bonchev–Trinajstić information content (AvgIpc) is 3.37. The number of halogens is 3. The van der Waals surface area contributed by atoms with E-state index in [0.717, 1.165) is 10.6 Å². The molecule has 0 unspecified atom stereocenters. The topological polar surface area (TPSA) is 78.2 Å². The van der Waals surface area contributed by atoms with Crippen LogP contribution in [0, 0.1) is 12.4 Å². The van der Waals surface area contributed by atoms with E-state index in [0.29, 0.717) is 5.56 Å². The predicted octanol–water partition coefficient (Wildman–Crippen LogP) is 3.90. The highest BCUT2D eigenvalue weighted by Crippen LogP contribution is 2.38. The number of alkyl halides is 2. The van der Waals surface area contributed by atoms with Crippen molar-refractivity contribution in [3.63, 3.8) is 0 Å². The minimum absolute atomic E-state index is 0.0239. The van der Waals surface area contributed by atoms with Gasteiger partial charge in [0.1, 0.15) is 5.82 Å². The molecule has 0 saturated heterocycles. The number of nitrogens with zero attached hydrogens (tertiary/aromatic N) is 8. The number of fused-ring (bicyclic) bond motifs is 2. The van der Waals surface area contributed by atoms with E-state index in [1.54, 1.807) is 13.1 Å². The first-order chi connectivity index (χ1) is 14.9. The lowest BCUT2D eigenvalue weighted by Gasteiger charge is -2.15. The van der Waals surface area contributed by atoms with Gasteiger partial charge in [0.15, 0.2) is 5.65 Å². The molecular formula is C20H11F3N8. The molecule has 0 aliphatic carbocycles. The van der Waals surface area contributed by atoms with Gasteiger partial charge in [-0.25, -0.2) is 9.24 Å². The van der Waals surface area contributed by atoms with Gasteiger partial charge in [0.2, 0.25) is 11.5 Å². The fraction of sp³-hybridized carbons (Fsp3) is 0.100. The van der Waals surface area contributed by atoms with E-state index in [9.17, 15) is 4.39 Å². The maximum absolute atomic E-state index is 15.4. The number of benzene rings is 1. The maximum atomic E-state index is 15.4. The Kier molecular flexibility index (Phi) is 3.97. The van der Waals surface area contributed by atoms with Crippen molar-refractivity contribution in [3.8, 4) is 11.3 Å². The lowest BCUT2D eigenvalue weighted by atomic mass is 10.0. The Morgan fingerprint density at radius 2 is 1.90 bits per heavy atom. The van der Waals surface area contributed by atoms with Crippen LogP contribution in [0.2, 0.25) is 0 Å². The summed E-state index contributed by atoms with van der Waals surface area (Å²) < 4.78 is 48.0. The van der Waals surface area contributed by atoms with E-state index in [1.807, 2.05) is 0 Å². The van der Waals surface area contributed by atoms with Gasteiger partial charge in [-0.1, -0.05) is 0 Å². The van der Waals surface area contributed by atoms with Crippen LogP contribution in [-0.4, -0.2) is 34.6 Å². The van der Waals surface area contributed by atoms with Gasteiger partial charge in [-0.05, 0) is 30.3 Å². The Labute approximate surface area is 172 Å². The summed E-state index contributed by atoms with van der Waals surface area (Å²) in [6.45, 7) is 7.10. The molecule has 152 valence electrons. The van der Waals surface area contributed by atoms with Crippen LogP contribution in [-0.2, 0) is 13.0 Å². The third-order valence-electron chi connectivity index (χ3n) is 4.77. The molecule has 0 radical (unpaired) electrons. The maximum Gasteiger partial charge on any atom is 0.336 e. The van der Waals surface area contributed by atoms with Gasteiger partial charge in [0.25, 0.3) is 0 Å². The van der Waals surface area contributed by atoms with Crippen molar-refractivity contribution >= 4 is 22.2 Å². The van der Waals surface area contributed by atoms with Crippen LogP contribution < -0.4 is 0 Å². The van der Waals surface area contributed by atoms with Gasteiger partial charge in [0.05, 0.1) is 28.7 Å². The van der Waals surface area contributed by atoms with Crippen molar-refractivity contribution in [3.05, 3.63) is 77.5 Å². The molecule has 0 N–H and O–H groups in total. The summed E-state index contributed by atoms with van der Waals surface area (Å²) in [5, 5.41) is 15.5. The molecule has 0 amide bonds. The summed E-state index contributed by atoms with van der Waals surface area (Å²) in [5.74, 6) is -5.74. The molecule has 0 spiro atoms. The number of hydrogen-bond acceptors (Lipinski definition) is 5. The Hall–Kier alpha value is -4.33. The molecule has 0 atom stereocenters. The first kappa shape index (κ1) is 18.7. The van der Waals surface area contributed by atoms with Gasteiger partial charge in [-0.3, -0.25) is 9.67 Å². The number of pyridine rings is 1. The Morgan fingerprint density at radius 1 is 1.06 bits per heavy atom. The second kappa shape index (κ2) is 6.60. The fourth-order valence-electron chi connectivity index (χ4n) is 3.31. The summed E-state index contributed by atoms with van der Waals surface area (Å²) in [6.07, 6.45) is 4.17. The van der Waals surface area contributed by atoms with Gasteiger partial charge in [0, 0.05) is 31.2 Å². The van der Waals surface area contributed by atoms with Crippen LogP contribution in [0.5, 0.6) is 0 Å². The molecule has 8 nitrogen and oxygen atoms in total. The number of rotatable bonds is 3. The van der Waals surface area contributed by atoms with E-state index < -0.39 is 23.1 Å². The Morgan fingerprint density at radius 3 is 2.71 bits per heavy atom. The van der Waals surface area contributed by atoms with Crippen LogP contribution >= 0.6 is 0 Å². The fourth-order valence-corrected chi connectivity index (χ4v) is 3.31. The first-order valence-electron chi connectivity index (χ1n) is 8.94. The smallest absolute Gasteiger partial charge is 0.276 e. The normalized spacial score (nSPS) is 11.8. The highest BCUT2D eigenvalue weighted by molar-refractivity contribution is 5.80.